The summed E-state index contributed by atoms with van der Waals surface area (Å²) in [5.41, 5.74) is 11.7. The molecule has 3 heterocycles. The maximum atomic E-state index is 9.64. The van der Waals surface area contributed by atoms with Crippen molar-refractivity contribution in [1.82, 2.24) is 15.0 Å². The number of carbonyl (C=O) groups excluding carboxylic acids is 1. The molecular formula is C51H53B2Cl4K2N6O8. The second-order valence-corrected chi connectivity index (χ2v) is 14.9. The number of hydrogen-bond donors (Lipinski definition) is 6. The molecule has 0 amide bonds. The second-order valence-electron chi connectivity index (χ2n) is 14.6. The first-order chi connectivity index (χ1) is 33.1. The molecule has 7 N–H and O–H groups in total. The summed E-state index contributed by atoms with van der Waals surface area (Å²) in [4.78, 5) is 23.1. The molecule has 73 heavy (non-hydrogen) atoms. The van der Waals surface area contributed by atoms with Crippen LogP contribution in [-0.4, -0.2) is 102 Å². The van der Waals surface area contributed by atoms with Gasteiger partial charge < -0.3 is 51.0 Å². The number of anilines is 3. The van der Waals surface area contributed by atoms with Gasteiger partial charge >= 0.3 is 65.5 Å². The molecule has 6 aromatic carbocycles. The molecule has 14 nitrogen and oxygen atoms in total. The van der Waals surface area contributed by atoms with E-state index in [1.807, 2.05) is 133 Å². The number of fused-ring (bicyclic) bond motifs is 3. The van der Waals surface area contributed by atoms with E-state index < -0.39 is 14.1 Å². The molecule has 0 spiro atoms. The molecule has 0 unspecified atom stereocenters. The van der Waals surface area contributed by atoms with Crippen LogP contribution in [0.4, 0.5) is 17.1 Å². The van der Waals surface area contributed by atoms with Crippen molar-refractivity contribution in [1.29, 1.82) is 0 Å². The number of phenolic OH excluding ortho intramolecular Hbond substituents is 1. The van der Waals surface area contributed by atoms with E-state index in [1.54, 1.807) is 63.0 Å². The van der Waals surface area contributed by atoms with E-state index in [1.165, 1.54) is 0 Å². The Morgan fingerprint density at radius 2 is 0.904 bits per heavy atom. The van der Waals surface area contributed by atoms with Crippen LogP contribution in [0.5, 0.6) is 17.2 Å². The fraction of sp³-hybridized carbons (Fsp3) is 0.0980. The summed E-state index contributed by atoms with van der Waals surface area (Å²) >= 11 is 5.50. The molecule has 0 saturated heterocycles. The standard InChI is InChI=1S/C17H17BN2O2.C16H14N2O.C11H12BNO2.C6H6ClN.CH2O3.3ClH.2K/c1-18(21)20-16-6-7-17(15-5-3-2-4-14(15)16)22-12-13-8-10-19-11-9-13;17-15-5-6-16(14-4-2-1-3-13(14)15)19-11-12-7-9-18-10-8-12;1-12(15)13-10-6-7-11(14)9-5-3-2-4-8(9)10;7-5-6-1-3-8-4-2-6;2-1-4-3;;;;;/h2-11,20-21H,12H2,1H3;1-10H,11,17H2;2-7,13-15H,1H3;1-4H,5H2;1,3H;3*1H;;/q;;;;;;;;;+1/p-1. The van der Waals surface area contributed by atoms with E-state index in [4.69, 9.17) is 36.9 Å². The Morgan fingerprint density at radius 1 is 0.562 bits per heavy atom. The number of nitrogens with two attached hydrogens (primary N) is 1. The summed E-state index contributed by atoms with van der Waals surface area (Å²) in [6, 6.07) is 46.1. The van der Waals surface area contributed by atoms with Gasteiger partial charge in [0.05, 0.1) is 0 Å². The van der Waals surface area contributed by atoms with E-state index in [0.29, 0.717) is 19.1 Å². The first-order valence-electron chi connectivity index (χ1n) is 21.2. The number of rotatable bonds is 12. The number of hydrogen-bond acceptors (Lipinski definition) is 14. The smallest absolute Gasteiger partial charge is 0.662 e. The average molecular weight is 1120 g/mol. The van der Waals surface area contributed by atoms with Gasteiger partial charge in [0, 0.05) is 144 Å². The minimum Gasteiger partial charge on any atom is -0.662 e. The third kappa shape index (κ3) is 23.4. The van der Waals surface area contributed by atoms with Gasteiger partial charge in [0.15, 0.2) is 0 Å². The Bertz CT molecular complexity index is 2940. The quantitative estimate of drug-likeness (QED) is 0.0139. The molecule has 0 aliphatic heterocycles. The molecule has 22 heteroatoms. The van der Waals surface area contributed by atoms with E-state index in [2.05, 4.69) is 30.3 Å². The first kappa shape index (κ1) is 69.3. The van der Waals surface area contributed by atoms with Gasteiger partial charge in [0.2, 0.25) is 0 Å². The number of carbonyl (C=O) groups is 1. The number of benzene rings is 6. The van der Waals surface area contributed by atoms with Crippen LogP contribution in [0.1, 0.15) is 16.7 Å². The molecule has 0 bridgehead atoms. The number of alkyl halides is 1. The Labute approximate surface area is 534 Å². The third-order valence-corrected chi connectivity index (χ3v) is 9.97. The molecule has 0 aliphatic carbocycles. The summed E-state index contributed by atoms with van der Waals surface area (Å²) in [5.74, 6) is 2.50. The first-order valence-corrected chi connectivity index (χ1v) is 21.7. The molecule has 1 radical (unpaired) electrons. The minimum atomic E-state index is -0.613. The van der Waals surface area contributed by atoms with Crippen LogP contribution < -0.4 is 82.3 Å². The number of nitrogen functional groups attached to an aromatic ring is 1. The van der Waals surface area contributed by atoms with Crippen LogP contribution >= 0.6 is 48.8 Å². The number of aromatic hydroxyl groups is 1. The van der Waals surface area contributed by atoms with Gasteiger partial charge in [-0.1, -0.05) is 72.8 Å². The normalized spacial score (nSPS) is 9.29. The summed E-state index contributed by atoms with van der Waals surface area (Å²) in [5, 5.41) is 48.6. The topological polar surface area (TPSA) is 217 Å². The van der Waals surface area contributed by atoms with Crippen LogP contribution in [0.2, 0.25) is 13.6 Å². The Balaban J connectivity index is 0.000000937. The van der Waals surface area contributed by atoms with Gasteiger partial charge in [-0.05, 0) is 103 Å². The van der Waals surface area contributed by atoms with Gasteiger partial charge in [-0.2, -0.15) is 0 Å². The maximum absolute atomic E-state index is 9.64. The van der Waals surface area contributed by atoms with Crippen molar-refractivity contribution in [2.45, 2.75) is 32.7 Å². The van der Waals surface area contributed by atoms with Crippen molar-refractivity contribution in [2.75, 3.05) is 16.2 Å². The molecule has 0 aliphatic rings. The Morgan fingerprint density at radius 3 is 1.30 bits per heavy atom. The summed E-state index contributed by atoms with van der Waals surface area (Å²) in [6.45, 7) is 4.19. The SMILES string of the molecule is CB(O)Nc1ccc(O)c2ccccc12.CB(O)Nc1ccc(OCc2ccncc2)c2ccccc12.Cl.Cl.Cl.ClCc1ccncc1.Nc1ccc(OCc2ccncc2)c2ccccc12.O=CO[O-].[K+].[K]. The van der Waals surface area contributed by atoms with E-state index in [0.717, 1.165) is 77.6 Å². The molecule has 0 saturated carbocycles. The van der Waals surface area contributed by atoms with Crippen molar-refractivity contribution in [2.24, 2.45) is 0 Å². The number of nitrogens with one attached hydrogen (secondary N) is 2. The predicted octanol–water partition coefficient (Wildman–Crippen LogP) is 6.94. The maximum Gasteiger partial charge on any atom is 1.00 e. The zero-order valence-corrected chi connectivity index (χ0v) is 50.0. The van der Waals surface area contributed by atoms with Gasteiger partial charge in [-0.3, -0.25) is 19.7 Å². The zero-order valence-electron chi connectivity index (χ0n) is 40.6. The third-order valence-electron chi connectivity index (χ3n) is 9.66. The van der Waals surface area contributed by atoms with E-state index in [-0.39, 0.29) is 152 Å². The number of nitrogens with zero attached hydrogens (tertiary/aromatic N) is 3. The summed E-state index contributed by atoms with van der Waals surface area (Å²) < 4.78 is 11.8. The molecule has 9 aromatic rings. The van der Waals surface area contributed by atoms with Crippen molar-refractivity contribution < 1.29 is 91.0 Å². The Kier molecular flexibility index (Phi) is 36.8. The summed E-state index contributed by atoms with van der Waals surface area (Å²) in [6.07, 6.45) is 10.5. The van der Waals surface area contributed by atoms with Gasteiger partial charge in [0.1, 0.15) is 30.5 Å². The fourth-order valence-corrected chi connectivity index (χ4v) is 6.73. The molecule has 0 fully saturated rings. The number of pyridine rings is 3. The molecule has 9 rings (SSSR count). The van der Waals surface area contributed by atoms with Crippen LogP contribution in [0.25, 0.3) is 32.3 Å². The van der Waals surface area contributed by atoms with Crippen molar-refractivity contribution in [3.05, 3.63) is 199 Å². The number of halogens is 4. The minimum absolute atomic E-state index is 0. The molecule has 371 valence electrons. The van der Waals surface area contributed by atoms with Gasteiger partial charge in [-0.15, -0.1) is 48.8 Å². The largest absolute Gasteiger partial charge is 1.00 e. The van der Waals surface area contributed by atoms with Crippen LogP contribution in [0.15, 0.2) is 183 Å². The van der Waals surface area contributed by atoms with Crippen molar-refractivity contribution >= 4 is 170 Å². The molecule has 0 atom stereocenters. The average Bonchev–Trinajstić information content (AvgIpc) is 3.38. The fourth-order valence-electron chi connectivity index (χ4n) is 6.55. The van der Waals surface area contributed by atoms with E-state index in [9.17, 15) is 15.2 Å². The zero-order chi connectivity index (χ0) is 48.5. The molecular weight excluding hydrogens is 1070 g/mol. The van der Waals surface area contributed by atoms with Crippen LogP contribution in [0, 0.1) is 0 Å². The Hall–Kier alpha value is -3.74. The summed E-state index contributed by atoms with van der Waals surface area (Å²) in [7, 11) is -1.22. The predicted molar refractivity (Wildman–Crippen MR) is 298 cm³/mol. The van der Waals surface area contributed by atoms with E-state index >= 15 is 0 Å². The molecule has 3 aromatic heterocycles. The van der Waals surface area contributed by atoms with Crippen LogP contribution in [-0.2, 0) is 28.8 Å². The second kappa shape index (κ2) is 38.8. The van der Waals surface area contributed by atoms with Crippen molar-refractivity contribution in [3.8, 4) is 17.2 Å². The monoisotopic (exact) mass is 1120 g/mol. The number of aromatic nitrogens is 3. The van der Waals surface area contributed by atoms with Crippen LogP contribution in [0.3, 0.4) is 0 Å². The van der Waals surface area contributed by atoms with Gasteiger partial charge in [0.25, 0.3) is 6.47 Å². The number of ether oxygens (including phenoxy) is 2. The number of phenols is 1. The van der Waals surface area contributed by atoms with Crippen molar-refractivity contribution in [3.63, 3.8) is 0 Å². The van der Waals surface area contributed by atoms with Gasteiger partial charge in [-0.25, -0.2) is 0 Å².